The third kappa shape index (κ3) is 3.32. The van der Waals surface area contributed by atoms with Gasteiger partial charge in [-0.1, -0.05) is 27.2 Å². The van der Waals surface area contributed by atoms with Crippen molar-refractivity contribution >= 4 is 11.9 Å². The van der Waals surface area contributed by atoms with E-state index in [4.69, 9.17) is 5.11 Å². The Morgan fingerprint density at radius 3 is 2.61 bits per heavy atom. The summed E-state index contributed by atoms with van der Waals surface area (Å²) < 4.78 is 0. The lowest BCUT2D eigenvalue weighted by atomic mass is 9.99. The standard InChI is InChI=1S/C12H19N3O3/c1-4-7(3)10(12(17)18)13-11(16)9-6-8(5-2)14-15-9/h6-7,10H,4-5H2,1-3H3,(H,13,16)(H,14,15)(H,17,18). The van der Waals surface area contributed by atoms with Gasteiger partial charge in [0.05, 0.1) is 0 Å². The normalized spacial score (nSPS) is 13.9. The number of amides is 1. The molecule has 1 heterocycles. The van der Waals surface area contributed by atoms with Crippen molar-refractivity contribution in [3.8, 4) is 0 Å². The molecule has 1 amide bonds. The molecule has 0 saturated carbocycles. The van der Waals surface area contributed by atoms with Crippen LogP contribution in [0.4, 0.5) is 0 Å². The smallest absolute Gasteiger partial charge is 0.326 e. The third-order valence-corrected chi connectivity index (χ3v) is 3.01. The van der Waals surface area contributed by atoms with Crippen LogP contribution in [0.5, 0.6) is 0 Å². The number of carbonyl (C=O) groups is 2. The number of aromatic nitrogens is 2. The van der Waals surface area contributed by atoms with Crippen LogP contribution in [0.25, 0.3) is 0 Å². The van der Waals surface area contributed by atoms with Crippen molar-refractivity contribution in [2.45, 2.75) is 39.7 Å². The zero-order chi connectivity index (χ0) is 13.7. The summed E-state index contributed by atoms with van der Waals surface area (Å²) in [5, 5.41) is 18.2. The number of carboxylic acid groups (broad SMARTS) is 1. The zero-order valence-corrected chi connectivity index (χ0v) is 10.9. The van der Waals surface area contributed by atoms with E-state index in [9.17, 15) is 9.59 Å². The lowest BCUT2D eigenvalue weighted by Gasteiger charge is -2.19. The molecule has 0 aromatic carbocycles. The molecule has 1 aromatic heterocycles. The first-order valence-electron chi connectivity index (χ1n) is 6.07. The Kier molecular flexibility index (Phi) is 4.88. The highest BCUT2D eigenvalue weighted by atomic mass is 16.4. The van der Waals surface area contributed by atoms with Crippen molar-refractivity contribution in [2.24, 2.45) is 5.92 Å². The van der Waals surface area contributed by atoms with Crippen LogP contribution in [0.15, 0.2) is 6.07 Å². The van der Waals surface area contributed by atoms with Gasteiger partial charge in [-0.15, -0.1) is 0 Å². The summed E-state index contributed by atoms with van der Waals surface area (Å²) >= 11 is 0. The van der Waals surface area contributed by atoms with Crippen LogP contribution in [-0.4, -0.2) is 33.2 Å². The summed E-state index contributed by atoms with van der Waals surface area (Å²) in [6.07, 6.45) is 1.42. The van der Waals surface area contributed by atoms with Gasteiger partial charge < -0.3 is 10.4 Å². The molecule has 3 N–H and O–H groups in total. The summed E-state index contributed by atoms with van der Waals surface area (Å²) in [4.78, 5) is 22.9. The number of carboxylic acids is 1. The predicted octanol–water partition coefficient (Wildman–Crippen LogP) is 1.20. The Morgan fingerprint density at radius 2 is 2.17 bits per heavy atom. The molecule has 0 spiro atoms. The van der Waals surface area contributed by atoms with Crippen molar-refractivity contribution in [1.82, 2.24) is 15.5 Å². The van der Waals surface area contributed by atoms with Gasteiger partial charge in [-0.25, -0.2) is 4.79 Å². The second kappa shape index (κ2) is 6.18. The number of carbonyl (C=O) groups excluding carboxylic acids is 1. The molecule has 2 atom stereocenters. The molecule has 6 heteroatoms. The van der Waals surface area contributed by atoms with Crippen molar-refractivity contribution in [3.05, 3.63) is 17.5 Å². The largest absolute Gasteiger partial charge is 0.480 e. The molecule has 1 aromatic rings. The maximum atomic E-state index is 11.9. The van der Waals surface area contributed by atoms with Crippen LogP contribution < -0.4 is 5.32 Å². The average molecular weight is 253 g/mol. The second-order valence-corrected chi connectivity index (χ2v) is 4.31. The molecular weight excluding hydrogens is 234 g/mol. The Labute approximate surface area is 106 Å². The molecular formula is C12H19N3O3. The summed E-state index contributed by atoms with van der Waals surface area (Å²) in [7, 11) is 0. The number of hydrogen-bond acceptors (Lipinski definition) is 3. The molecule has 0 saturated heterocycles. The molecule has 0 aliphatic heterocycles. The summed E-state index contributed by atoms with van der Waals surface area (Å²) in [6, 6.07) is 0.745. The van der Waals surface area contributed by atoms with Crippen molar-refractivity contribution < 1.29 is 14.7 Å². The van der Waals surface area contributed by atoms with E-state index in [0.717, 1.165) is 12.1 Å². The molecule has 2 unspecified atom stereocenters. The fourth-order valence-corrected chi connectivity index (χ4v) is 1.56. The molecule has 0 radical (unpaired) electrons. The SMILES string of the molecule is CCc1cc(C(=O)NC(C(=O)O)C(C)CC)n[nH]1. The fraction of sp³-hybridized carbons (Fsp3) is 0.583. The molecule has 1 rings (SSSR count). The number of nitrogens with one attached hydrogen (secondary N) is 2. The Morgan fingerprint density at radius 1 is 1.50 bits per heavy atom. The number of aromatic amines is 1. The zero-order valence-electron chi connectivity index (χ0n) is 10.9. The molecule has 100 valence electrons. The Balaban J connectivity index is 2.75. The predicted molar refractivity (Wildman–Crippen MR) is 66.3 cm³/mol. The van der Waals surface area contributed by atoms with E-state index < -0.39 is 17.9 Å². The van der Waals surface area contributed by atoms with Crippen molar-refractivity contribution in [3.63, 3.8) is 0 Å². The molecule has 0 bridgehead atoms. The van der Waals surface area contributed by atoms with Crippen LogP contribution in [0.1, 0.15) is 43.4 Å². The van der Waals surface area contributed by atoms with Gasteiger partial charge in [0, 0.05) is 5.69 Å². The van der Waals surface area contributed by atoms with Crippen LogP contribution in [-0.2, 0) is 11.2 Å². The number of hydrogen-bond donors (Lipinski definition) is 3. The van der Waals surface area contributed by atoms with E-state index in [1.165, 1.54) is 0 Å². The van der Waals surface area contributed by atoms with E-state index in [-0.39, 0.29) is 11.6 Å². The monoisotopic (exact) mass is 253 g/mol. The minimum atomic E-state index is -1.02. The van der Waals surface area contributed by atoms with Crippen LogP contribution in [0.2, 0.25) is 0 Å². The van der Waals surface area contributed by atoms with E-state index in [1.54, 1.807) is 13.0 Å². The van der Waals surface area contributed by atoms with E-state index >= 15 is 0 Å². The minimum absolute atomic E-state index is 0.129. The van der Waals surface area contributed by atoms with Crippen molar-refractivity contribution in [1.29, 1.82) is 0 Å². The fourth-order valence-electron chi connectivity index (χ4n) is 1.56. The molecule has 18 heavy (non-hydrogen) atoms. The van der Waals surface area contributed by atoms with Gasteiger partial charge >= 0.3 is 5.97 Å². The highest BCUT2D eigenvalue weighted by Gasteiger charge is 2.26. The van der Waals surface area contributed by atoms with Gasteiger partial charge in [0.15, 0.2) is 0 Å². The van der Waals surface area contributed by atoms with Gasteiger partial charge in [0.1, 0.15) is 11.7 Å². The van der Waals surface area contributed by atoms with Gasteiger partial charge in [-0.2, -0.15) is 5.10 Å². The van der Waals surface area contributed by atoms with E-state index in [1.807, 2.05) is 13.8 Å². The lowest BCUT2D eigenvalue weighted by Crippen LogP contribution is -2.45. The van der Waals surface area contributed by atoms with Crippen molar-refractivity contribution in [2.75, 3.05) is 0 Å². The lowest BCUT2D eigenvalue weighted by molar-refractivity contribution is -0.140. The summed E-state index contributed by atoms with van der Waals surface area (Å²) in [6.45, 7) is 5.62. The second-order valence-electron chi connectivity index (χ2n) is 4.31. The van der Waals surface area contributed by atoms with Gasteiger partial charge in [-0.05, 0) is 18.4 Å². The average Bonchev–Trinajstić information content (AvgIpc) is 2.83. The van der Waals surface area contributed by atoms with Gasteiger partial charge in [0.2, 0.25) is 0 Å². The number of rotatable bonds is 6. The van der Waals surface area contributed by atoms with Gasteiger partial charge in [0.25, 0.3) is 5.91 Å². The third-order valence-electron chi connectivity index (χ3n) is 3.01. The maximum Gasteiger partial charge on any atom is 0.326 e. The molecule has 0 aliphatic carbocycles. The first-order chi connectivity index (χ1) is 8.49. The number of H-pyrrole nitrogens is 1. The number of aliphatic carboxylic acids is 1. The first-order valence-corrected chi connectivity index (χ1v) is 6.07. The first kappa shape index (κ1) is 14.2. The number of nitrogens with zero attached hydrogens (tertiary/aromatic N) is 1. The quantitative estimate of drug-likeness (QED) is 0.710. The van der Waals surface area contributed by atoms with E-state index in [2.05, 4.69) is 15.5 Å². The minimum Gasteiger partial charge on any atom is -0.480 e. The highest BCUT2D eigenvalue weighted by molar-refractivity contribution is 5.95. The van der Waals surface area contributed by atoms with Crippen LogP contribution in [0.3, 0.4) is 0 Å². The highest BCUT2D eigenvalue weighted by Crippen LogP contribution is 2.09. The van der Waals surface area contributed by atoms with Crippen LogP contribution in [0, 0.1) is 5.92 Å². The topological polar surface area (TPSA) is 95.1 Å². The molecule has 0 fully saturated rings. The van der Waals surface area contributed by atoms with Gasteiger partial charge in [-0.3, -0.25) is 9.89 Å². The molecule has 6 nitrogen and oxygen atoms in total. The Bertz CT molecular complexity index is 428. The molecule has 0 aliphatic rings. The maximum absolute atomic E-state index is 11.9. The number of aryl methyl sites for hydroxylation is 1. The van der Waals surface area contributed by atoms with E-state index in [0.29, 0.717) is 6.42 Å². The summed E-state index contributed by atoms with van der Waals surface area (Å²) in [5.74, 6) is -1.61. The van der Waals surface area contributed by atoms with Crippen LogP contribution >= 0.6 is 0 Å². The summed E-state index contributed by atoms with van der Waals surface area (Å²) in [5.41, 5.74) is 1.07. The Hall–Kier alpha value is -1.85.